The Bertz CT molecular complexity index is 537. The third kappa shape index (κ3) is 2.89. The van der Waals surface area contributed by atoms with Gasteiger partial charge in [-0.25, -0.2) is 10.2 Å². The zero-order chi connectivity index (χ0) is 12.3. The highest BCUT2D eigenvalue weighted by Gasteiger charge is 2.05. The van der Waals surface area contributed by atoms with Crippen LogP contribution in [0.3, 0.4) is 0 Å². The fraction of sp³-hybridized carbons (Fsp3) is 0. The molecule has 0 saturated heterocycles. The maximum atomic E-state index is 12.9. The zero-order valence-corrected chi connectivity index (χ0v) is 10.1. The summed E-state index contributed by atoms with van der Waals surface area (Å²) in [6.45, 7) is 0. The predicted molar refractivity (Wildman–Crippen MR) is 64.0 cm³/mol. The Morgan fingerprint density at radius 3 is 2.88 bits per heavy atom. The molecule has 0 atom stereocenters. The zero-order valence-electron chi connectivity index (χ0n) is 8.52. The van der Waals surface area contributed by atoms with Gasteiger partial charge in [-0.3, -0.25) is 4.98 Å². The Morgan fingerprint density at radius 2 is 2.18 bits per heavy atom. The molecule has 2 aromatic rings. The summed E-state index contributed by atoms with van der Waals surface area (Å²) in [5.74, 6) is 5.91. The Hall–Kier alpha value is -1.73. The molecule has 0 spiro atoms. The molecule has 17 heavy (non-hydrogen) atoms. The van der Waals surface area contributed by atoms with Gasteiger partial charge in [0.2, 0.25) is 5.88 Å². The molecule has 0 amide bonds. The van der Waals surface area contributed by atoms with Crippen LogP contribution in [0.5, 0.6) is 11.6 Å². The van der Waals surface area contributed by atoms with E-state index >= 15 is 0 Å². The first-order chi connectivity index (χ1) is 8.19. The number of nitrogens with one attached hydrogen (secondary N) is 1. The molecule has 0 unspecified atom stereocenters. The van der Waals surface area contributed by atoms with Crippen molar-refractivity contribution in [1.82, 2.24) is 9.97 Å². The van der Waals surface area contributed by atoms with Gasteiger partial charge in [0, 0.05) is 0 Å². The van der Waals surface area contributed by atoms with Crippen LogP contribution in [0.2, 0.25) is 0 Å². The number of benzene rings is 1. The first-order valence-electron chi connectivity index (χ1n) is 4.60. The van der Waals surface area contributed by atoms with Crippen LogP contribution in [-0.2, 0) is 0 Å². The Balaban J connectivity index is 2.25. The highest BCUT2D eigenvalue weighted by Crippen LogP contribution is 2.29. The fourth-order valence-electron chi connectivity index (χ4n) is 1.14. The van der Waals surface area contributed by atoms with Crippen molar-refractivity contribution in [2.24, 2.45) is 5.84 Å². The number of halogens is 2. The number of rotatable bonds is 3. The SMILES string of the molecule is NNc1cncc(Oc2ccc(F)cc2Br)n1. The molecule has 1 aromatic carbocycles. The minimum Gasteiger partial charge on any atom is -0.436 e. The number of hydrogen-bond acceptors (Lipinski definition) is 5. The van der Waals surface area contributed by atoms with Crippen LogP contribution < -0.4 is 16.0 Å². The van der Waals surface area contributed by atoms with Crippen LogP contribution >= 0.6 is 15.9 Å². The molecule has 7 heteroatoms. The van der Waals surface area contributed by atoms with Crippen molar-refractivity contribution < 1.29 is 9.13 Å². The average Bonchev–Trinajstić information content (AvgIpc) is 2.33. The number of hydrazine groups is 1. The smallest absolute Gasteiger partial charge is 0.239 e. The van der Waals surface area contributed by atoms with Crippen LogP contribution in [0, 0.1) is 5.82 Å². The number of nitrogen functional groups attached to an aromatic ring is 1. The quantitative estimate of drug-likeness (QED) is 0.673. The number of nitrogens with two attached hydrogens (primary N) is 1. The van der Waals surface area contributed by atoms with E-state index in [4.69, 9.17) is 10.6 Å². The van der Waals surface area contributed by atoms with Crippen LogP contribution in [0.4, 0.5) is 10.2 Å². The van der Waals surface area contributed by atoms with E-state index in [2.05, 4.69) is 31.3 Å². The Morgan fingerprint density at radius 1 is 1.35 bits per heavy atom. The summed E-state index contributed by atoms with van der Waals surface area (Å²) < 4.78 is 18.8. The molecular formula is C10H8BrFN4O. The molecule has 0 bridgehead atoms. The summed E-state index contributed by atoms with van der Waals surface area (Å²) in [5, 5.41) is 0. The Labute approximate surface area is 105 Å². The van der Waals surface area contributed by atoms with Crippen molar-refractivity contribution in [3.05, 3.63) is 40.9 Å². The number of hydrogen-bond donors (Lipinski definition) is 2. The van der Waals surface area contributed by atoms with Gasteiger partial charge >= 0.3 is 0 Å². The van der Waals surface area contributed by atoms with E-state index in [-0.39, 0.29) is 11.7 Å². The molecule has 2 rings (SSSR count). The van der Waals surface area contributed by atoms with E-state index in [0.29, 0.717) is 16.0 Å². The lowest BCUT2D eigenvalue weighted by molar-refractivity contribution is 0.456. The molecule has 1 heterocycles. The summed E-state index contributed by atoms with van der Waals surface area (Å²) in [5.41, 5.74) is 2.35. The van der Waals surface area contributed by atoms with Gasteiger partial charge in [-0.15, -0.1) is 0 Å². The fourth-order valence-corrected chi connectivity index (χ4v) is 1.57. The topological polar surface area (TPSA) is 73.1 Å². The minimum absolute atomic E-state index is 0.257. The van der Waals surface area contributed by atoms with Crippen LogP contribution in [0.1, 0.15) is 0 Å². The second-order valence-corrected chi connectivity index (χ2v) is 3.92. The van der Waals surface area contributed by atoms with Crippen molar-refractivity contribution >= 4 is 21.7 Å². The van der Waals surface area contributed by atoms with E-state index < -0.39 is 0 Å². The predicted octanol–water partition coefficient (Wildman–Crippen LogP) is 2.46. The third-order valence-electron chi connectivity index (χ3n) is 1.87. The lowest BCUT2D eigenvalue weighted by atomic mass is 10.3. The normalized spacial score (nSPS) is 10.1. The second-order valence-electron chi connectivity index (χ2n) is 3.06. The van der Waals surface area contributed by atoms with Gasteiger partial charge < -0.3 is 10.2 Å². The van der Waals surface area contributed by atoms with Crippen molar-refractivity contribution in [1.29, 1.82) is 0 Å². The molecule has 5 nitrogen and oxygen atoms in total. The van der Waals surface area contributed by atoms with Crippen LogP contribution in [-0.4, -0.2) is 9.97 Å². The number of ether oxygens (including phenoxy) is 1. The minimum atomic E-state index is -0.354. The highest BCUT2D eigenvalue weighted by molar-refractivity contribution is 9.10. The van der Waals surface area contributed by atoms with Gasteiger partial charge in [-0.05, 0) is 34.1 Å². The summed E-state index contributed by atoms with van der Waals surface area (Å²) in [6.07, 6.45) is 2.88. The van der Waals surface area contributed by atoms with Gasteiger partial charge in [0.25, 0.3) is 0 Å². The first-order valence-corrected chi connectivity index (χ1v) is 5.40. The van der Waals surface area contributed by atoms with Gasteiger partial charge in [0.15, 0.2) is 5.82 Å². The van der Waals surface area contributed by atoms with Crippen LogP contribution in [0.15, 0.2) is 35.1 Å². The summed E-state index contributed by atoms with van der Waals surface area (Å²) >= 11 is 3.19. The molecule has 0 aliphatic rings. The monoisotopic (exact) mass is 298 g/mol. The number of anilines is 1. The summed E-state index contributed by atoms with van der Waals surface area (Å²) in [4.78, 5) is 7.89. The van der Waals surface area contributed by atoms with E-state index in [9.17, 15) is 4.39 Å². The van der Waals surface area contributed by atoms with E-state index in [1.807, 2.05) is 0 Å². The van der Waals surface area contributed by atoms with Crippen molar-refractivity contribution in [2.75, 3.05) is 5.43 Å². The molecule has 0 fully saturated rings. The third-order valence-corrected chi connectivity index (χ3v) is 2.49. The molecule has 0 aliphatic heterocycles. The molecule has 0 aliphatic carbocycles. The standard InChI is InChI=1S/C10H8BrFN4O/c11-7-3-6(12)1-2-8(7)17-10-5-14-4-9(15-10)16-13/h1-5H,13H2,(H,15,16). The maximum absolute atomic E-state index is 12.9. The van der Waals surface area contributed by atoms with Gasteiger partial charge in [-0.1, -0.05) is 0 Å². The van der Waals surface area contributed by atoms with Gasteiger partial charge in [0.05, 0.1) is 16.9 Å². The second kappa shape index (κ2) is 5.07. The molecule has 0 radical (unpaired) electrons. The first kappa shape index (κ1) is 11.7. The summed E-state index contributed by atoms with van der Waals surface area (Å²) in [6, 6.07) is 4.08. The van der Waals surface area contributed by atoms with Gasteiger partial charge in [0.1, 0.15) is 11.6 Å². The average molecular weight is 299 g/mol. The highest BCUT2D eigenvalue weighted by atomic mass is 79.9. The Kier molecular flexibility index (Phi) is 3.50. The van der Waals surface area contributed by atoms with E-state index in [0.717, 1.165) is 0 Å². The van der Waals surface area contributed by atoms with Crippen molar-refractivity contribution in [3.63, 3.8) is 0 Å². The maximum Gasteiger partial charge on any atom is 0.239 e. The van der Waals surface area contributed by atoms with E-state index in [1.54, 1.807) is 0 Å². The van der Waals surface area contributed by atoms with Crippen molar-refractivity contribution in [3.8, 4) is 11.6 Å². The number of nitrogens with zero attached hydrogens (tertiary/aromatic N) is 2. The van der Waals surface area contributed by atoms with Crippen LogP contribution in [0.25, 0.3) is 0 Å². The van der Waals surface area contributed by atoms with E-state index in [1.165, 1.54) is 30.6 Å². The molecule has 3 N–H and O–H groups in total. The molecular weight excluding hydrogens is 291 g/mol. The number of aromatic nitrogens is 2. The van der Waals surface area contributed by atoms with Gasteiger partial charge in [-0.2, -0.15) is 4.98 Å². The van der Waals surface area contributed by atoms with Crippen molar-refractivity contribution in [2.45, 2.75) is 0 Å². The largest absolute Gasteiger partial charge is 0.436 e. The molecule has 1 aromatic heterocycles. The summed E-state index contributed by atoms with van der Waals surface area (Å²) in [7, 11) is 0. The lowest BCUT2D eigenvalue weighted by Crippen LogP contribution is -2.09. The molecule has 0 saturated carbocycles. The molecule has 88 valence electrons. The lowest BCUT2D eigenvalue weighted by Gasteiger charge is -2.07.